The van der Waals surface area contributed by atoms with Gasteiger partial charge in [0.2, 0.25) is 0 Å². The summed E-state index contributed by atoms with van der Waals surface area (Å²) in [6.07, 6.45) is 2.68. The van der Waals surface area contributed by atoms with Crippen molar-refractivity contribution in [2.24, 2.45) is 5.92 Å². The molecule has 0 amide bonds. The molecule has 0 unspecified atom stereocenters. The summed E-state index contributed by atoms with van der Waals surface area (Å²) in [6.45, 7) is 19.8. The van der Waals surface area contributed by atoms with E-state index >= 15 is 0 Å². The van der Waals surface area contributed by atoms with E-state index in [9.17, 15) is 0 Å². The van der Waals surface area contributed by atoms with E-state index < -0.39 is 0 Å². The maximum atomic E-state index is 4.04. The predicted octanol–water partition coefficient (Wildman–Crippen LogP) is 2.55. The lowest BCUT2D eigenvalue weighted by Gasteiger charge is -2.38. The SMILES string of the molecule is C=C(C)N1CCC(CN2CCN[C@@H](C)C2)CC1.CC. The van der Waals surface area contributed by atoms with Gasteiger partial charge >= 0.3 is 0 Å². The summed E-state index contributed by atoms with van der Waals surface area (Å²) in [4.78, 5) is 5.07. The van der Waals surface area contributed by atoms with E-state index in [1.54, 1.807) is 0 Å². The molecule has 0 aromatic heterocycles. The average molecular weight is 267 g/mol. The van der Waals surface area contributed by atoms with Crippen LogP contribution in [-0.4, -0.2) is 55.1 Å². The number of hydrogen-bond acceptors (Lipinski definition) is 3. The summed E-state index contributed by atoms with van der Waals surface area (Å²) in [5.74, 6) is 0.899. The van der Waals surface area contributed by atoms with Crippen LogP contribution in [0.3, 0.4) is 0 Å². The minimum absolute atomic E-state index is 0.666. The molecule has 2 fully saturated rings. The summed E-state index contributed by atoms with van der Waals surface area (Å²) in [5, 5.41) is 3.51. The van der Waals surface area contributed by atoms with Crippen LogP contribution in [0.4, 0.5) is 0 Å². The molecule has 112 valence electrons. The van der Waals surface area contributed by atoms with Crippen molar-refractivity contribution in [1.82, 2.24) is 15.1 Å². The molecule has 0 spiro atoms. The van der Waals surface area contributed by atoms with Gasteiger partial charge < -0.3 is 15.1 Å². The second-order valence-electron chi connectivity index (χ2n) is 5.78. The van der Waals surface area contributed by atoms with Gasteiger partial charge in [0.1, 0.15) is 0 Å². The van der Waals surface area contributed by atoms with E-state index in [2.05, 4.69) is 35.5 Å². The highest BCUT2D eigenvalue weighted by molar-refractivity contribution is 4.91. The van der Waals surface area contributed by atoms with Crippen LogP contribution in [0.25, 0.3) is 0 Å². The van der Waals surface area contributed by atoms with Crippen LogP contribution in [0.1, 0.15) is 40.5 Å². The molecule has 2 aliphatic rings. The van der Waals surface area contributed by atoms with Gasteiger partial charge in [0, 0.05) is 51.0 Å². The van der Waals surface area contributed by atoms with Crippen molar-refractivity contribution in [2.75, 3.05) is 39.3 Å². The molecule has 3 nitrogen and oxygen atoms in total. The molecule has 2 saturated heterocycles. The topological polar surface area (TPSA) is 18.5 Å². The zero-order valence-corrected chi connectivity index (χ0v) is 13.4. The van der Waals surface area contributed by atoms with Crippen LogP contribution in [0.5, 0.6) is 0 Å². The van der Waals surface area contributed by atoms with Gasteiger partial charge in [-0.05, 0) is 32.6 Å². The Balaban J connectivity index is 0.000000861. The largest absolute Gasteiger partial charge is 0.376 e. The Morgan fingerprint density at radius 3 is 2.37 bits per heavy atom. The fraction of sp³-hybridized carbons (Fsp3) is 0.875. The number of hydrogen-bond donors (Lipinski definition) is 1. The Morgan fingerprint density at radius 1 is 1.21 bits per heavy atom. The highest BCUT2D eigenvalue weighted by atomic mass is 15.2. The number of piperazine rings is 1. The molecule has 2 heterocycles. The van der Waals surface area contributed by atoms with Crippen molar-refractivity contribution in [2.45, 2.75) is 46.6 Å². The third-order valence-corrected chi connectivity index (χ3v) is 4.12. The first-order chi connectivity index (χ1) is 9.15. The molecule has 0 bridgehead atoms. The fourth-order valence-corrected chi connectivity index (χ4v) is 3.04. The van der Waals surface area contributed by atoms with Crippen molar-refractivity contribution in [1.29, 1.82) is 0 Å². The molecule has 0 radical (unpaired) electrons. The zero-order valence-electron chi connectivity index (χ0n) is 13.4. The number of piperidine rings is 1. The van der Waals surface area contributed by atoms with Crippen LogP contribution < -0.4 is 5.32 Å². The van der Waals surface area contributed by atoms with Crippen molar-refractivity contribution < 1.29 is 0 Å². The summed E-state index contributed by atoms with van der Waals surface area (Å²) in [7, 11) is 0. The molecule has 0 aromatic carbocycles. The van der Waals surface area contributed by atoms with Gasteiger partial charge in [-0.3, -0.25) is 0 Å². The van der Waals surface area contributed by atoms with Crippen LogP contribution in [0.15, 0.2) is 12.3 Å². The Morgan fingerprint density at radius 2 is 1.84 bits per heavy atom. The standard InChI is InChI=1S/C14H27N3.C2H6/c1-12(2)17-7-4-14(5-8-17)11-16-9-6-15-13(3)10-16;1-2/h13-15H,1,4-11H2,2-3H3;1-2H3/t13-;/m0./s1. The molecule has 1 atom stereocenters. The molecule has 19 heavy (non-hydrogen) atoms. The summed E-state index contributed by atoms with van der Waals surface area (Å²) >= 11 is 0. The maximum Gasteiger partial charge on any atom is 0.0177 e. The highest BCUT2D eigenvalue weighted by Gasteiger charge is 2.23. The van der Waals surface area contributed by atoms with Gasteiger partial charge in [0.15, 0.2) is 0 Å². The zero-order chi connectivity index (χ0) is 14.3. The van der Waals surface area contributed by atoms with Crippen LogP contribution in [0.2, 0.25) is 0 Å². The molecule has 0 saturated carbocycles. The van der Waals surface area contributed by atoms with Crippen molar-refractivity contribution in [3.63, 3.8) is 0 Å². The monoisotopic (exact) mass is 267 g/mol. The maximum absolute atomic E-state index is 4.04. The molecule has 2 rings (SSSR count). The second kappa shape index (κ2) is 8.60. The predicted molar refractivity (Wildman–Crippen MR) is 84.4 cm³/mol. The van der Waals surface area contributed by atoms with Crippen molar-refractivity contribution in [3.8, 4) is 0 Å². The number of rotatable bonds is 3. The van der Waals surface area contributed by atoms with Gasteiger partial charge in [-0.2, -0.15) is 0 Å². The Bertz CT molecular complexity index is 257. The van der Waals surface area contributed by atoms with E-state index in [-0.39, 0.29) is 0 Å². The van der Waals surface area contributed by atoms with Crippen molar-refractivity contribution >= 4 is 0 Å². The van der Waals surface area contributed by atoms with E-state index in [1.165, 1.54) is 51.3 Å². The lowest BCUT2D eigenvalue weighted by Crippen LogP contribution is -2.51. The molecular weight excluding hydrogens is 234 g/mol. The fourth-order valence-electron chi connectivity index (χ4n) is 3.04. The number of nitrogens with one attached hydrogen (secondary N) is 1. The van der Waals surface area contributed by atoms with Gasteiger partial charge in [-0.25, -0.2) is 0 Å². The first-order valence-electron chi connectivity index (χ1n) is 8.01. The van der Waals surface area contributed by atoms with Gasteiger partial charge in [0.25, 0.3) is 0 Å². The third kappa shape index (κ3) is 5.53. The molecule has 0 aliphatic carbocycles. The minimum atomic E-state index is 0.666. The number of allylic oxidation sites excluding steroid dienone is 1. The number of likely N-dealkylation sites (tertiary alicyclic amines) is 1. The molecule has 0 aromatic rings. The Kier molecular flexibility index (Phi) is 7.47. The average Bonchev–Trinajstić information content (AvgIpc) is 2.41. The van der Waals surface area contributed by atoms with E-state index in [4.69, 9.17) is 0 Å². The lowest BCUT2D eigenvalue weighted by atomic mass is 9.95. The molecule has 1 N–H and O–H groups in total. The van der Waals surface area contributed by atoms with Crippen LogP contribution in [-0.2, 0) is 0 Å². The highest BCUT2D eigenvalue weighted by Crippen LogP contribution is 2.21. The molecule has 3 heteroatoms. The van der Waals surface area contributed by atoms with E-state index in [0.29, 0.717) is 6.04 Å². The van der Waals surface area contributed by atoms with Crippen LogP contribution >= 0.6 is 0 Å². The summed E-state index contributed by atoms with van der Waals surface area (Å²) in [6, 6.07) is 0.666. The van der Waals surface area contributed by atoms with Gasteiger partial charge in [-0.15, -0.1) is 0 Å². The number of nitrogens with zero attached hydrogens (tertiary/aromatic N) is 2. The van der Waals surface area contributed by atoms with Gasteiger partial charge in [-0.1, -0.05) is 20.4 Å². The van der Waals surface area contributed by atoms with Crippen molar-refractivity contribution in [3.05, 3.63) is 12.3 Å². The van der Waals surface area contributed by atoms with E-state index in [0.717, 1.165) is 12.5 Å². The Labute approximate surface area is 120 Å². The quantitative estimate of drug-likeness (QED) is 0.848. The summed E-state index contributed by atoms with van der Waals surface area (Å²) in [5.41, 5.74) is 1.24. The minimum Gasteiger partial charge on any atom is -0.376 e. The lowest BCUT2D eigenvalue weighted by molar-refractivity contribution is 0.139. The smallest absolute Gasteiger partial charge is 0.0177 e. The molecular formula is C16H33N3. The third-order valence-electron chi connectivity index (χ3n) is 4.12. The normalized spacial score (nSPS) is 25.7. The van der Waals surface area contributed by atoms with E-state index in [1.807, 2.05) is 13.8 Å². The second-order valence-corrected chi connectivity index (χ2v) is 5.78. The molecule has 2 aliphatic heterocycles. The first-order valence-corrected chi connectivity index (χ1v) is 8.01. The van der Waals surface area contributed by atoms with Gasteiger partial charge in [0.05, 0.1) is 0 Å². The van der Waals surface area contributed by atoms with Crippen LogP contribution in [0, 0.1) is 5.92 Å². The Hall–Kier alpha value is -0.540. The first kappa shape index (κ1) is 16.5. The summed E-state index contributed by atoms with van der Waals surface area (Å²) < 4.78 is 0.